The van der Waals surface area contributed by atoms with Crippen LogP contribution in [0.3, 0.4) is 0 Å². The van der Waals surface area contributed by atoms with Crippen molar-refractivity contribution < 1.29 is 23.1 Å². The Labute approximate surface area is 127 Å². The topological polar surface area (TPSA) is 64.8 Å². The molecule has 1 aromatic carbocycles. The molecule has 118 valence electrons. The monoisotopic (exact) mass is 308 g/mol. The summed E-state index contributed by atoms with van der Waals surface area (Å²) in [5, 5.41) is 0. The van der Waals surface area contributed by atoms with Crippen LogP contribution in [0, 0.1) is 5.82 Å². The summed E-state index contributed by atoms with van der Waals surface area (Å²) in [7, 11) is 1.56. The van der Waals surface area contributed by atoms with Crippen LogP contribution in [0.1, 0.15) is 10.6 Å². The van der Waals surface area contributed by atoms with Crippen LogP contribution in [0.4, 0.5) is 4.39 Å². The summed E-state index contributed by atoms with van der Waals surface area (Å²) in [5.74, 6) is 0.102. The molecule has 0 spiro atoms. The summed E-state index contributed by atoms with van der Waals surface area (Å²) in [5.41, 5.74) is 0. The van der Waals surface area contributed by atoms with Crippen LogP contribution in [-0.4, -0.2) is 49.2 Å². The second-order valence-corrected chi connectivity index (χ2v) is 4.45. The fourth-order valence-corrected chi connectivity index (χ4v) is 1.80. The zero-order chi connectivity index (χ0) is 15.8. The number of aromatic nitrogens is 1. The molecule has 22 heavy (non-hydrogen) atoms. The molecule has 1 amide bonds. The molecule has 1 heterocycles. The van der Waals surface area contributed by atoms with Crippen LogP contribution < -0.4 is 4.74 Å². The van der Waals surface area contributed by atoms with Crippen molar-refractivity contribution in [2.75, 3.05) is 33.4 Å². The van der Waals surface area contributed by atoms with Crippen molar-refractivity contribution in [3.8, 4) is 5.75 Å². The summed E-state index contributed by atoms with van der Waals surface area (Å²) in [6, 6.07) is 5.70. The summed E-state index contributed by atoms with van der Waals surface area (Å²) in [4.78, 5) is 17.5. The molecular formula is C15H17FN2O4. The largest absolute Gasteiger partial charge is 0.492 e. The number of carbonyl (C=O) groups excluding carboxylic acids is 1. The van der Waals surface area contributed by atoms with Crippen LogP contribution in [0.2, 0.25) is 0 Å². The first-order valence-electron chi connectivity index (χ1n) is 6.76. The van der Waals surface area contributed by atoms with Crippen molar-refractivity contribution >= 4 is 5.91 Å². The number of halogens is 1. The maximum Gasteiger partial charge on any atom is 0.291 e. The van der Waals surface area contributed by atoms with Crippen molar-refractivity contribution in [3.05, 3.63) is 48.4 Å². The van der Waals surface area contributed by atoms with Crippen molar-refractivity contribution in [3.63, 3.8) is 0 Å². The standard InChI is InChI=1S/C15H17FN2O4/c1-20-8-6-18(15(19)14-10-17-11-22-14)7-9-21-13-4-2-12(16)3-5-13/h2-5,10-11H,6-9H2,1H3. The van der Waals surface area contributed by atoms with Crippen molar-refractivity contribution in [1.29, 1.82) is 0 Å². The number of ether oxygens (including phenoxy) is 2. The highest BCUT2D eigenvalue weighted by Crippen LogP contribution is 2.11. The first-order valence-corrected chi connectivity index (χ1v) is 6.76. The highest BCUT2D eigenvalue weighted by Gasteiger charge is 2.18. The average Bonchev–Trinajstić information content (AvgIpc) is 3.06. The molecule has 0 bridgehead atoms. The Kier molecular flexibility index (Phi) is 5.91. The van der Waals surface area contributed by atoms with E-state index < -0.39 is 0 Å². The van der Waals surface area contributed by atoms with Crippen LogP contribution in [0.15, 0.2) is 41.3 Å². The molecule has 2 rings (SSSR count). The number of rotatable bonds is 8. The minimum atomic E-state index is -0.324. The van der Waals surface area contributed by atoms with Crippen molar-refractivity contribution in [2.24, 2.45) is 0 Å². The van der Waals surface area contributed by atoms with Gasteiger partial charge in [0.05, 0.1) is 19.3 Å². The van der Waals surface area contributed by atoms with Gasteiger partial charge in [0, 0.05) is 13.7 Å². The number of benzene rings is 1. The molecule has 0 N–H and O–H groups in total. The Hall–Kier alpha value is -2.41. The van der Waals surface area contributed by atoms with Gasteiger partial charge in [-0.3, -0.25) is 4.79 Å². The van der Waals surface area contributed by atoms with Crippen LogP contribution >= 0.6 is 0 Å². The third-order valence-electron chi connectivity index (χ3n) is 2.94. The molecule has 0 aliphatic carbocycles. The van der Waals surface area contributed by atoms with Gasteiger partial charge in [-0.05, 0) is 24.3 Å². The zero-order valence-electron chi connectivity index (χ0n) is 12.2. The predicted molar refractivity (Wildman–Crippen MR) is 76.2 cm³/mol. The first kappa shape index (κ1) is 16.0. The minimum absolute atomic E-state index is 0.165. The fourth-order valence-electron chi connectivity index (χ4n) is 1.80. The lowest BCUT2D eigenvalue weighted by Gasteiger charge is -2.21. The van der Waals surface area contributed by atoms with E-state index in [1.807, 2.05) is 0 Å². The highest BCUT2D eigenvalue weighted by molar-refractivity contribution is 5.91. The highest BCUT2D eigenvalue weighted by atomic mass is 19.1. The van der Waals surface area contributed by atoms with Crippen molar-refractivity contribution in [1.82, 2.24) is 9.88 Å². The zero-order valence-corrected chi connectivity index (χ0v) is 12.2. The van der Waals surface area contributed by atoms with Gasteiger partial charge in [-0.25, -0.2) is 9.37 Å². The number of methoxy groups -OCH3 is 1. The number of amides is 1. The predicted octanol–water partition coefficient (Wildman–Crippen LogP) is 1.98. The summed E-state index contributed by atoms with van der Waals surface area (Å²) >= 11 is 0. The fraction of sp³-hybridized carbons (Fsp3) is 0.333. The van der Waals surface area contributed by atoms with Crippen LogP contribution in [-0.2, 0) is 4.74 Å². The van der Waals surface area contributed by atoms with Crippen LogP contribution in [0.5, 0.6) is 5.75 Å². The quantitative estimate of drug-likeness (QED) is 0.746. The van der Waals surface area contributed by atoms with E-state index in [1.165, 1.54) is 36.9 Å². The van der Waals surface area contributed by atoms with Gasteiger partial charge in [0.2, 0.25) is 5.76 Å². The van der Waals surface area contributed by atoms with E-state index in [2.05, 4.69) is 4.98 Å². The normalized spacial score (nSPS) is 10.5. The Bertz CT molecular complexity index is 572. The molecule has 0 aliphatic heterocycles. The van der Waals surface area contributed by atoms with E-state index in [0.717, 1.165) is 0 Å². The van der Waals surface area contributed by atoms with E-state index in [4.69, 9.17) is 13.9 Å². The van der Waals surface area contributed by atoms with E-state index >= 15 is 0 Å². The number of hydrogen-bond acceptors (Lipinski definition) is 5. The Morgan fingerprint density at radius 1 is 1.27 bits per heavy atom. The molecule has 0 saturated carbocycles. The van der Waals surface area contributed by atoms with E-state index in [1.54, 1.807) is 12.0 Å². The van der Waals surface area contributed by atoms with E-state index in [9.17, 15) is 9.18 Å². The van der Waals surface area contributed by atoms with Gasteiger partial charge < -0.3 is 18.8 Å². The average molecular weight is 308 g/mol. The molecule has 2 aromatic rings. The maximum atomic E-state index is 12.8. The number of carbonyl (C=O) groups is 1. The van der Waals surface area contributed by atoms with E-state index in [-0.39, 0.29) is 24.1 Å². The van der Waals surface area contributed by atoms with Gasteiger partial charge in [-0.1, -0.05) is 0 Å². The summed E-state index contributed by atoms with van der Waals surface area (Å²) in [6.07, 6.45) is 2.57. The molecule has 7 heteroatoms. The van der Waals surface area contributed by atoms with Gasteiger partial charge in [0.15, 0.2) is 6.39 Å². The van der Waals surface area contributed by atoms with Gasteiger partial charge >= 0.3 is 0 Å². The van der Waals surface area contributed by atoms with E-state index in [0.29, 0.717) is 25.4 Å². The SMILES string of the molecule is COCCN(CCOc1ccc(F)cc1)C(=O)c1cnco1. The Balaban J connectivity index is 1.89. The molecular weight excluding hydrogens is 291 g/mol. The molecule has 0 aliphatic rings. The van der Waals surface area contributed by atoms with Gasteiger partial charge in [0.1, 0.15) is 18.2 Å². The van der Waals surface area contributed by atoms with Crippen LogP contribution in [0.25, 0.3) is 0 Å². The molecule has 0 fully saturated rings. The number of nitrogens with zero attached hydrogens (tertiary/aromatic N) is 2. The Morgan fingerprint density at radius 2 is 2.00 bits per heavy atom. The lowest BCUT2D eigenvalue weighted by Crippen LogP contribution is -2.37. The summed E-state index contributed by atoms with van der Waals surface area (Å²) in [6.45, 7) is 1.43. The lowest BCUT2D eigenvalue weighted by atomic mass is 10.3. The third kappa shape index (κ3) is 4.56. The minimum Gasteiger partial charge on any atom is -0.492 e. The van der Waals surface area contributed by atoms with Gasteiger partial charge in [0.25, 0.3) is 5.91 Å². The second kappa shape index (κ2) is 8.14. The molecule has 1 aromatic heterocycles. The summed E-state index contributed by atoms with van der Waals surface area (Å²) < 4.78 is 28.3. The Morgan fingerprint density at radius 3 is 2.64 bits per heavy atom. The van der Waals surface area contributed by atoms with Crippen molar-refractivity contribution in [2.45, 2.75) is 0 Å². The maximum absolute atomic E-state index is 12.8. The molecule has 0 saturated heterocycles. The van der Waals surface area contributed by atoms with Gasteiger partial charge in [-0.2, -0.15) is 0 Å². The smallest absolute Gasteiger partial charge is 0.291 e. The third-order valence-corrected chi connectivity index (χ3v) is 2.94. The molecule has 6 nitrogen and oxygen atoms in total. The number of hydrogen-bond donors (Lipinski definition) is 0. The molecule has 0 unspecified atom stereocenters. The molecule has 0 atom stereocenters. The number of oxazole rings is 1. The second-order valence-electron chi connectivity index (χ2n) is 4.45. The molecule has 0 radical (unpaired) electrons. The van der Waals surface area contributed by atoms with Gasteiger partial charge in [-0.15, -0.1) is 0 Å². The first-order chi connectivity index (χ1) is 10.7. The lowest BCUT2D eigenvalue weighted by molar-refractivity contribution is 0.0635.